The van der Waals surface area contributed by atoms with Crippen LogP contribution >= 0.6 is 23.4 Å². The molecule has 3 aromatic heterocycles. The number of ether oxygens (including phenoxy) is 1. The molecule has 0 atom stereocenters. The quantitative estimate of drug-likeness (QED) is 0.447. The number of aromatic nitrogens is 5. The third-order valence-corrected chi connectivity index (χ3v) is 5.25. The van der Waals surface area contributed by atoms with Crippen LogP contribution < -0.4 is 10.3 Å². The zero-order valence-corrected chi connectivity index (χ0v) is 16.4. The Morgan fingerprint density at radius 1 is 1.21 bits per heavy atom. The Balaban J connectivity index is 1.81. The van der Waals surface area contributed by atoms with Gasteiger partial charge in [-0.25, -0.2) is 13.8 Å². The Kier molecular flexibility index (Phi) is 5.20. The topological polar surface area (TPSA) is 74.3 Å². The summed E-state index contributed by atoms with van der Waals surface area (Å²) in [6.07, 6.45) is 2.72. The standard InChI is InChI=1S/C18H12ClF2N5O2S/c1-28-16-14(21)7-12(8-22-16)25-17(27)15-4-5-23-26(15)24-18(25)29-9-10-2-3-11(19)6-13(10)20/h2-8H,9H2,1H3. The lowest BCUT2D eigenvalue weighted by Gasteiger charge is -2.12. The second kappa shape index (κ2) is 7.80. The van der Waals surface area contributed by atoms with Gasteiger partial charge in [0.1, 0.15) is 5.82 Å². The van der Waals surface area contributed by atoms with Gasteiger partial charge in [0.15, 0.2) is 16.5 Å². The minimum absolute atomic E-state index is 0.156. The number of rotatable bonds is 5. The number of thioether (sulfide) groups is 1. The lowest BCUT2D eigenvalue weighted by atomic mass is 10.2. The van der Waals surface area contributed by atoms with Crippen LogP contribution in [0.2, 0.25) is 5.02 Å². The first kappa shape index (κ1) is 19.3. The van der Waals surface area contributed by atoms with Crippen LogP contribution in [-0.4, -0.2) is 31.5 Å². The molecule has 0 spiro atoms. The summed E-state index contributed by atoms with van der Waals surface area (Å²) in [4.78, 5) is 16.8. The van der Waals surface area contributed by atoms with Crippen LogP contribution in [0.1, 0.15) is 5.56 Å². The summed E-state index contributed by atoms with van der Waals surface area (Å²) in [5, 5.41) is 8.76. The molecule has 0 saturated carbocycles. The van der Waals surface area contributed by atoms with Gasteiger partial charge < -0.3 is 4.74 Å². The molecule has 148 valence electrons. The number of nitrogens with zero attached hydrogens (tertiary/aromatic N) is 5. The van der Waals surface area contributed by atoms with Gasteiger partial charge in [0, 0.05) is 16.8 Å². The van der Waals surface area contributed by atoms with Gasteiger partial charge in [0.05, 0.1) is 25.2 Å². The maximum absolute atomic E-state index is 14.2. The summed E-state index contributed by atoms with van der Waals surface area (Å²) < 4.78 is 35.5. The van der Waals surface area contributed by atoms with Gasteiger partial charge >= 0.3 is 0 Å². The number of fused-ring (bicyclic) bond motifs is 1. The monoisotopic (exact) mass is 435 g/mol. The molecule has 1 aromatic carbocycles. The van der Waals surface area contributed by atoms with Crippen LogP contribution in [0.5, 0.6) is 5.88 Å². The van der Waals surface area contributed by atoms with Crippen LogP contribution in [0.4, 0.5) is 8.78 Å². The molecule has 0 amide bonds. The van der Waals surface area contributed by atoms with E-state index in [-0.39, 0.29) is 33.0 Å². The largest absolute Gasteiger partial charge is 0.479 e. The number of pyridine rings is 1. The van der Waals surface area contributed by atoms with Crippen LogP contribution in [0, 0.1) is 11.6 Å². The summed E-state index contributed by atoms with van der Waals surface area (Å²) in [6, 6.07) is 6.94. The molecule has 4 aromatic rings. The van der Waals surface area contributed by atoms with E-state index in [2.05, 4.69) is 15.2 Å². The van der Waals surface area contributed by atoms with Crippen LogP contribution in [0.15, 0.2) is 52.7 Å². The molecule has 0 N–H and O–H groups in total. The minimum Gasteiger partial charge on any atom is -0.479 e. The lowest BCUT2D eigenvalue weighted by molar-refractivity contribution is 0.368. The van der Waals surface area contributed by atoms with Crippen LogP contribution in [-0.2, 0) is 5.75 Å². The van der Waals surface area contributed by atoms with Crippen molar-refractivity contribution in [1.82, 2.24) is 24.4 Å². The molecule has 11 heteroatoms. The zero-order valence-electron chi connectivity index (χ0n) is 14.8. The van der Waals surface area contributed by atoms with E-state index in [1.165, 1.54) is 40.8 Å². The normalized spacial score (nSPS) is 11.2. The average molecular weight is 436 g/mol. The summed E-state index contributed by atoms with van der Waals surface area (Å²) in [7, 11) is 1.29. The fourth-order valence-electron chi connectivity index (χ4n) is 2.65. The average Bonchev–Trinajstić information content (AvgIpc) is 3.16. The van der Waals surface area contributed by atoms with Crippen LogP contribution in [0.3, 0.4) is 0 Å². The van der Waals surface area contributed by atoms with Crippen LogP contribution in [0.25, 0.3) is 11.2 Å². The minimum atomic E-state index is -0.732. The molecular formula is C18H12ClF2N5O2S. The van der Waals surface area contributed by atoms with E-state index in [0.29, 0.717) is 5.56 Å². The molecule has 0 radical (unpaired) electrons. The highest BCUT2D eigenvalue weighted by atomic mass is 35.5. The molecule has 3 heterocycles. The fraction of sp³-hybridized carbons (Fsp3) is 0.111. The van der Waals surface area contributed by atoms with E-state index in [1.807, 2.05) is 0 Å². The first-order valence-corrected chi connectivity index (χ1v) is 9.58. The Morgan fingerprint density at radius 2 is 2.03 bits per heavy atom. The molecule has 0 aliphatic heterocycles. The van der Waals surface area contributed by atoms with Gasteiger partial charge in [-0.15, -0.1) is 9.73 Å². The van der Waals surface area contributed by atoms with Crippen molar-refractivity contribution in [1.29, 1.82) is 0 Å². The smallest absolute Gasteiger partial charge is 0.285 e. The molecule has 0 unspecified atom stereocenters. The van der Waals surface area contributed by atoms with E-state index in [9.17, 15) is 13.6 Å². The first-order chi connectivity index (χ1) is 14.0. The van der Waals surface area contributed by atoms with Gasteiger partial charge in [-0.3, -0.25) is 9.36 Å². The second-order valence-electron chi connectivity index (χ2n) is 5.84. The molecule has 4 rings (SSSR count). The molecule has 0 aliphatic carbocycles. The highest BCUT2D eigenvalue weighted by Crippen LogP contribution is 2.26. The van der Waals surface area contributed by atoms with Crippen molar-refractivity contribution in [2.24, 2.45) is 0 Å². The molecule has 0 aliphatic rings. The van der Waals surface area contributed by atoms with Gasteiger partial charge in [-0.2, -0.15) is 5.10 Å². The summed E-state index contributed by atoms with van der Waals surface area (Å²) >= 11 is 6.87. The van der Waals surface area contributed by atoms with E-state index >= 15 is 0 Å². The number of hydrogen-bond donors (Lipinski definition) is 0. The maximum atomic E-state index is 14.2. The molecular weight excluding hydrogens is 424 g/mol. The molecule has 7 nitrogen and oxygen atoms in total. The molecule has 29 heavy (non-hydrogen) atoms. The van der Waals surface area contributed by atoms with Crippen molar-refractivity contribution < 1.29 is 13.5 Å². The van der Waals surface area contributed by atoms with Crippen molar-refractivity contribution >= 4 is 28.9 Å². The van der Waals surface area contributed by atoms with E-state index in [4.69, 9.17) is 16.3 Å². The van der Waals surface area contributed by atoms with E-state index < -0.39 is 17.2 Å². The van der Waals surface area contributed by atoms with Crippen molar-refractivity contribution in [2.75, 3.05) is 7.11 Å². The number of methoxy groups -OCH3 is 1. The van der Waals surface area contributed by atoms with E-state index in [0.717, 1.165) is 17.8 Å². The SMILES string of the molecule is COc1ncc(-n2c(SCc3ccc(Cl)cc3F)nn3nccc3c2=O)cc1F. The number of benzene rings is 1. The predicted molar refractivity (Wildman–Crippen MR) is 104 cm³/mol. The summed E-state index contributed by atoms with van der Waals surface area (Å²) in [6.45, 7) is 0. The van der Waals surface area contributed by atoms with Crippen molar-refractivity contribution in [3.05, 3.63) is 75.3 Å². The third-order valence-electron chi connectivity index (χ3n) is 4.03. The number of halogens is 3. The molecule has 0 bridgehead atoms. The van der Waals surface area contributed by atoms with Crippen molar-refractivity contribution in [2.45, 2.75) is 10.9 Å². The Morgan fingerprint density at radius 3 is 2.76 bits per heavy atom. The Labute approximate surface area is 171 Å². The summed E-state index contributed by atoms with van der Waals surface area (Å²) in [5.74, 6) is -1.24. The fourth-order valence-corrected chi connectivity index (χ4v) is 3.78. The van der Waals surface area contributed by atoms with Crippen molar-refractivity contribution in [3.8, 4) is 11.6 Å². The van der Waals surface area contributed by atoms with Gasteiger partial charge in [-0.05, 0) is 23.8 Å². The molecule has 0 fully saturated rings. The highest BCUT2D eigenvalue weighted by molar-refractivity contribution is 7.98. The maximum Gasteiger partial charge on any atom is 0.285 e. The lowest BCUT2D eigenvalue weighted by Crippen LogP contribution is -2.24. The number of hydrogen-bond acceptors (Lipinski definition) is 6. The Bertz CT molecular complexity index is 1280. The first-order valence-electron chi connectivity index (χ1n) is 8.21. The van der Waals surface area contributed by atoms with E-state index in [1.54, 1.807) is 12.1 Å². The second-order valence-corrected chi connectivity index (χ2v) is 7.22. The zero-order chi connectivity index (χ0) is 20.5. The Hall–Kier alpha value is -2.98. The van der Waals surface area contributed by atoms with Gasteiger partial charge in [0.25, 0.3) is 5.56 Å². The highest BCUT2D eigenvalue weighted by Gasteiger charge is 2.17. The summed E-state index contributed by atoms with van der Waals surface area (Å²) in [5.41, 5.74) is 0.259. The van der Waals surface area contributed by atoms with Crippen molar-refractivity contribution in [3.63, 3.8) is 0 Å². The molecule has 0 saturated heterocycles. The third kappa shape index (κ3) is 3.68. The van der Waals surface area contributed by atoms with Gasteiger partial charge in [-0.1, -0.05) is 29.4 Å². The predicted octanol–water partition coefficient (Wildman–Crippen LogP) is 3.51. The van der Waals surface area contributed by atoms with Gasteiger partial charge in [0.2, 0.25) is 5.88 Å².